The van der Waals surface area contributed by atoms with Crippen LogP contribution in [-0.2, 0) is 0 Å². The van der Waals surface area contributed by atoms with E-state index < -0.39 is 0 Å². The van der Waals surface area contributed by atoms with Crippen LogP contribution in [0, 0.1) is 20.8 Å². The van der Waals surface area contributed by atoms with Crippen molar-refractivity contribution in [3.05, 3.63) is 52.6 Å². The van der Waals surface area contributed by atoms with E-state index in [4.69, 9.17) is 0 Å². The van der Waals surface area contributed by atoms with Crippen LogP contribution in [0.25, 0.3) is 10.2 Å². The van der Waals surface area contributed by atoms with E-state index in [1.807, 2.05) is 33.1 Å². The van der Waals surface area contributed by atoms with Gasteiger partial charge < -0.3 is 10.6 Å². The molecule has 1 aromatic heterocycles. The summed E-state index contributed by atoms with van der Waals surface area (Å²) in [7, 11) is 0. The molecule has 0 atom stereocenters. The zero-order valence-corrected chi connectivity index (χ0v) is 19.2. The number of carbonyl (C=O) groups excluding carboxylic acids is 2. The molecule has 3 N–H and O–H groups in total. The van der Waals surface area contributed by atoms with Crippen molar-refractivity contribution >= 4 is 56.1 Å². The molecule has 8 heteroatoms. The predicted molar refractivity (Wildman–Crippen MR) is 128 cm³/mol. The zero-order valence-electron chi connectivity index (χ0n) is 17.6. The summed E-state index contributed by atoms with van der Waals surface area (Å²) >= 11 is 3.10. The van der Waals surface area contributed by atoms with E-state index in [9.17, 15) is 9.59 Å². The summed E-state index contributed by atoms with van der Waals surface area (Å²) in [6.07, 6.45) is 2.96. The SMILES string of the molecule is CSCCCNC(=O)Nc1nc2ccc(C(=O)Nc3c(C)cc(C)cc3C)cc2s1. The second-order valence-electron chi connectivity index (χ2n) is 7.16. The number of nitrogens with zero attached hydrogens (tertiary/aromatic N) is 1. The first-order valence-corrected chi connectivity index (χ1v) is 11.9. The number of thioether (sulfide) groups is 1. The Balaban J connectivity index is 1.70. The monoisotopic (exact) mass is 442 g/mol. The fourth-order valence-electron chi connectivity index (χ4n) is 3.24. The van der Waals surface area contributed by atoms with E-state index in [2.05, 4.69) is 33.1 Å². The Morgan fingerprint density at radius 2 is 1.80 bits per heavy atom. The van der Waals surface area contributed by atoms with Crippen molar-refractivity contribution in [2.75, 3.05) is 29.2 Å². The molecule has 3 amide bonds. The lowest BCUT2D eigenvalue weighted by atomic mass is 10.0. The van der Waals surface area contributed by atoms with Crippen LogP contribution in [0.5, 0.6) is 0 Å². The molecule has 0 bridgehead atoms. The number of hydrogen-bond donors (Lipinski definition) is 3. The van der Waals surface area contributed by atoms with E-state index in [-0.39, 0.29) is 11.9 Å². The molecule has 0 saturated heterocycles. The number of rotatable bonds is 7. The number of aryl methyl sites for hydroxylation is 3. The van der Waals surface area contributed by atoms with Gasteiger partial charge in [0.1, 0.15) is 0 Å². The maximum atomic E-state index is 12.8. The molecule has 0 aliphatic heterocycles. The van der Waals surface area contributed by atoms with Crippen molar-refractivity contribution in [3.63, 3.8) is 0 Å². The van der Waals surface area contributed by atoms with Gasteiger partial charge in [0, 0.05) is 17.8 Å². The van der Waals surface area contributed by atoms with Crippen molar-refractivity contribution in [2.45, 2.75) is 27.2 Å². The predicted octanol–water partition coefficient (Wildman–Crippen LogP) is 5.35. The molecule has 0 fully saturated rings. The molecule has 1 heterocycles. The number of carbonyl (C=O) groups is 2. The summed E-state index contributed by atoms with van der Waals surface area (Å²) in [5, 5.41) is 9.12. The fourth-order valence-corrected chi connectivity index (χ4v) is 4.58. The number of anilines is 2. The molecule has 30 heavy (non-hydrogen) atoms. The van der Waals surface area contributed by atoms with Crippen LogP contribution < -0.4 is 16.0 Å². The van der Waals surface area contributed by atoms with Crippen LogP contribution in [0.2, 0.25) is 0 Å². The average Bonchev–Trinajstić information content (AvgIpc) is 3.09. The Bertz CT molecular complexity index is 1060. The Morgan fingerprint density at radius 1 is 1.07 bits per heavy atom. The number of aromatic nitrogens is 1. The second kappa shape index (κ2) is 9.95. The number of thiazole rings is 1. The highest BCUT2D eigenvalue weighted by Gasteiger charge is 2.13. The Kier molecular flexibility index (Phi) is 7.33. The van der Waals surface area contributed by atoms with Crippen molar-refractivity contribution in [1.29, 1.82) is 0 Å². The minimum Gasteiger partial charge on any atom is -0.338 e. The van der Waals surface area contributed by atoms with E-state index in [1.165, 1.54) is 16.9 Å². The number of nitrogens with one attached hydrogen (secondary N) is 3. The first-order chi connectivity index (χ1) is 14.4. The van der Waals surface area contributed by atoms with Crippen molar-refractivity contribution in [1.82, 2.24) is 10.3 Å². The fraction of sp³-hybridized carbons (Fsp3) is 0.318. The van der Waals surface area contributed by atoms with Gasteiger partial charge in [-0.2, -0.15) is 11.8 Å². The van der Waals surface area contributed by atoms with Gasteiger partial charge in [-0.1, -0.05) is 29.0 Å². The summed E-state index contributed by atoms with van der Waals surface area (Å²) in [4.78, 5) is 29.2. The molecule has 0 aliphatic carbocycles. The number of urea groups is 1. The van der Waals surface area contributed by atoms with E-state index in [1.54, 1.807) is 23.9 Å². The van der Waals surface area contributed by atoms with Crippen LogP contribution in [0.3, 0.4) is 0 Å². The number of amides is 3. The smallest absolute Gasteiger partial charge is 0.321 e. The van der Waals surface area contributed by atoms with Gasteiger partial charge in [-0.05, 0) is 68.5 Å². The van der Waals surface area contributed by atoms with Gasteiger partial charge in [0.2, 0.25) is 0 Å². The molecular formula is C22H26N4O2S2. The molecule has 0 unspecified atom stereocenters. The van der Waals surface area contributed by atoms with Crippen LogP contribution in [0.15, 0.2) is 30.3 Å². The van der Waals surface area contributed by atoms with Gasteiger partial charge in [0.05, 0.1) is 10.2 Å². The van der Waals surface area contributed by atoms with Gasteiger partial charge in [-0.3, -0.25) is 10.1 Å². The summed E-state index contributed by atoms with van der Waals surface area (Å²) in [5.74, 6) is 0.842. The lowest BCUT2D eigenvalue weighted by Crippen LogP contribution is -2.29. The van der Waals surface area contributed by atoms with Gasteiger partial charge in [-0.15, -0.1) is 0 Å². The van der Waals surface area contributed by atoms with Crippen LogP contribution in [0.4, 0.5) is 15.6 Å². The van der Waals surface area contributed by atoms with Crippen LogP contribution in [0.1, 0.15) is 33.5 Å². The number of benzene rings is 2. The molecule has 0 aliphatic rings. The molecule has 2 aromatic carbocycles. The summed E-state index contributed by atoms with van der Waals surface area (Å²) in [5.41, 5.74) is 5.39. The molecule has 0 spiro atoms. The first kappa shape index (κ1) is 22.1. The minimum atomic E-state index is -0.265. The van der Waals surface area contributed by atoms with Gasteiger partial charge in [-0.25, -0.2) is 9.78 Å². The Hall–Kier alpha value is -2.58. The van der Waals surface area contributed by atoms with E-state index >= 15 is 0 Å². The maximum Gasteiger partial charge on any atom is 0.321 e. The molecular weight excluding hydrogens is 416 g/mol. The summed E-state index contributed by atoms with van der Waals surface area (Å²) in [6, 6.07) is 9.21. The summed E-state index contributed by atoms with van der Waals surface area (Å²) < 4.78 is 0.845. The maximum absolute atomic E-state index is 12.8. The quantitative estimate of drug-likeness (QED) is 0.431. The van der Waals surface area contributed by atoms with Gasteiger partial charge in [0.15, 0.2) is 5.13 Å². The topological polar surface area (TPSA) is 83.1 Å². The van der Waals surface area contributed by atoms with Crippen LogP contribution in [-0.4, -0.2) is 35.5 Å². The molecule has 3 rings (SSSR count). The van der Waals surface area contributed by atoms with E-state index in [0.717, 1.165) is 39.2 Å². The average molecular weight is 443 g/mol. The third kappa shape index (κ3) is 5.52. The molecule has 0 radical (unpaired) electrons. The molecule has 0 saturated carbocycles. The van der Waals surface area contributed by atoms with E-state index in [0.29, 0.717) is 17.2 Å². The Morgan fingerprint density at radius 3 is 2.50 bits per heavy atom. The molecule has 6 nitrogen and oxygen atoms in total. The molecule has 3 aromatic rings. The highest BCUT2D eigenvalue weighted by Crippen LogP contribution is 2.28. The van der Waals surface area contributed by atoms with Crippen molar-refractivity contribution in [3.8, 4) is 0 Å². The van der Waals surface area contributed by atoms with Crippen molar-refractivity contribution in [2.24, 2.45) is 0 Å². The zero-order chi connectivity index (χ0) is 21.7. The highest BCUT2D eigenvalue weighted by atomic mass is 32.2. The largest absolute Gasteiger partial charge is 0.338 e. The standard InChI is InChI=1S/C22H26N4O2S2/c1-13-10-14(2)19(15(3)11-13)25-20(27)16-6-7-17-18(12-16)30-22(24-17)26-21(28)23-8-5-9-29-4/h6-7,10-12H,5,8-9H2,1-4H3,(H,25,27)(H2,23,24,26,28). The minimum absolute atomic E-state index is 0.165. The first-order valence-electron chi connectivity index (χ1n) is 9.71. The lowest BCUT2D eigenvalue weighted by molar-refractivity contribution is 0.102. The summed E-state index contributed by atoms with van der Waals surface area (Å²) in [6.45, 7) is 6.65. The number of fused-ring (bicyclic) bond motifs is 1. The Labute approximate surface area is 184 Å². The lowest BCUT2D eigenvalue weighted by Gasteiger charge is -2.12. The number of hydrogen-bond acceptors (Lipinski definition) is 5. The normalized spacial score (nSPS) is 10.8. The molecule has 158 valence electrons. The van der Waals surface area contributed by atoms with Gasteiger partial charge in [0.25, 0.3) is 5.91 Å². The van der Waals surface area contributed by atoms with Crippen molar-refractivity contribution < 1.29 is 9.59 Å². The second-order valence-corrected chi connectivity index (χ2v) is 9.17. The highest BCUT2D eigenvalue weighted by molar-refractivity contribution is 7.98. The van der Waals surface area contributed by atoms with Gasteiger partial charge >= 0.3 is 6.03 Å². The van der Waals surface area contributed by atoms with Crippen LogP contribution >= 0.6 is 23.1 Å². The third-order valence-corrected chi connectivity index (χ3v) is 6.23. The third-order valence-electron chi connectivity index (χ3n) is 4.60.